The summed E-state index contributed by atoms with van der Waals surface area (Å²) in [5.74, 6) is 0.973. The van der Waals surface area contributed by atoms with Crippen LogP contribution in [0.4, 0.5) is 0 Å². The average Bonchev–Trinajstić information content (AvgIpc) is 2.28. The van der Waals surface area contributed by atoms with E-state index in [1.165, 1.54) is 0 Å². The van der Waals surface area contributed by atoms with Crippen molar-refractivity contribution >= 4 is 5.91 Å². The number of benzene rings is 1. The summed E-state index contributed by atoms with van der Waals surface area (Å²) in [6.07, 6.45) is 0.0569. The average molecular weight is 249 g/mol. The second-order valence-electron chi connectivity index (χ2n) is 5.17. The number of rotatable bonds is 5. The monoisotopic (exact) mass is 249 g/mol. The smallest absolute Gasteiger partial charge is 0.255 e. The Bertz CT molecular complexity index is 399. The van der Waals surface area contributed by atoms with E-state index in [2.05, 4.69) is 19.2 Å². The highest BCUT2D eigenvalue weighted by molar-refractivity contribution is 5.97. The largest absolute Gasteiger partial charge is 0.490 e. The van der Waals surface area contributed by atoms with E-state index in [9.17, 15) is 4.79 Å². The number of hydrogen-bond acceptors (Lipinski definition) is 2. The second-order valence-corrected chi connectivity index (χ2v) is 5.17. The summed E-state index contributed by atoms with van der Waals surface area (Å²) >= 11 is 0. The third-order valence-electron chi connectivity index (χ3n) is 2.85. The predicted octanol–water partition coefficient (Wildman–Crippen LogP) is 3.25. The topological polar surface area (TPSA) is 38.3 Å². The van der Waals surface area contributed by atoms with Crippen LogP contribution in [0.5, 0.6) is 5.75 Å². The van der Waals surface area contributed by atoms with Gasteiger partial charge < -0.3 is 10.1 Å². The molecule has 1 aromatic carbocycles. The maximum atomic E-state index is 12.2. The van der Waals surface area contributed by atoms with Gasteiger partial charge in [0, 0.05) is 6.04 Å². The van der Waals surface area contributed by atoms with Crippen LogP contribution in [0, 0.1) is 5.92 Å². The van der Waals surface area contributed by atoms with E-state index in [-0.39, 0.29) is 18.1 Å². The lowest BCUT2D eigenvalue weighted by Crippen LogP contribution is -2.36. The number of amides is 1. The lowest BCUT2D eigenvalue weighted by Gasteiger charge is -2.19. The van der Waals surface area contributed by atoms with Gasteiger partial charge in [-0.25, -0.2) is 0 Å². The maximum Gasteiger partial charge on any atom is 0.255 e. The third kappa shape index (κ3) is 4.06. The first-order valence-electron chi connectivity index (χ1n) is 6.48. The zero-order valence-corrected chi connectivity index (χ0v) is 11.9. The lowest BCUT2D eigenvalue weighted by molar-refractivity contribution is 0.0924. The Balaban J connectivity index is 2.85. The van der Waals surface area contributed by atoms with Crippen LogP contribution in [0.3, 0.4) is 0 Å². The molecule has 0 saturated heterocycles. The maximum absolute atomic E-state index is 12.2. The fraction of sp³-hybridized carbons (Fsp3) is 0.533. The van der Waals surface area contributed by atoms with Gasteiger partial charge in [0.15, 0.2) is 0 Å². The van der Waals surface area contributed by atoms with Crippen molar-refractivity contribution < 1.29 is 9.53 Å². The molecule has 0 aliphatic rings. The number of carbonyl (C=O) groups is 1. The molecule has 0 fully saturated rings. The molecule has 0 bridgehead atoms. The van der Waals surface area contributed by atoms with Crippen LogP contribution in [0.1, 0.15) is 45.0 Å². The van der Waals surface area contributed by atoms with Crippen LogP contribution < -0.4 is 10.1 Å². The first-order valence-corrected chi connectivity index (χ1v) is 6.48. The van der Waals surface area contributed by atoms with Gasteiger partial charge in [0.2, 0.25) is 0 Å². The zero-order valence-electron chi connectivity index (χ0n) is 11.9. The molecule has 1 rings (SSSR count). The fourth-order valence-corrected chi connectivity index (χ4v) is 1.46. The van der Waals surface area contributed by atoms with E-state index in [0.29, 0.717) is 17.2 Å². The van der Waals surface area contributed by atoms with Gasteiger partial charge in [0.05, 0.1) is 11.7 Å². The Morgan fingerprint density at radius 1 is 1.11 bits per heavy atom. The quantitative estimate of drug-likeness (QED) is 0.870. The molecule has 0 saturated carbocycles. The molecule has 100 valence electrons. The summed E-state index contributed by atoms with van der Waals surface area (Å²) in [5, 5.41) is 2.99. The molecular formula is C15H23NO2. The van der Waals surface area contributed by atoms with Crippen molar-refractivity contribution in [2.45, 2.75) is 46.8 Å². The number of nitrogens with one attached hydrogen (secondary N) is 1. The van der Waals surface area contributed by atoms with Crippen molar-refractivity contribution in [3.63, 3.8) is 0 Å². The normalized spacial score (nSPS) is 12.6. The first kappa shape index (κ1) is 14.6. The van der Waals surface area contributed by atoms with Crippen LogP contribution >= 0.6 is 0 Å². The van der Waals surface area contributed by atoms with Gasteiger partial charge in [0.1, 0.15) is 5.75 Å². The standard InChI is InChI=1S/C15H23NO2/c1-10(2)12(5)16-15(17)13-8-6-7-9-14(13)18-11(3)4/h6-12H,1-5H3,(H,16,17)/t12-/m1/s1. The van der Waals surface area contributed by atoms with Crippen LogP contribution in [0.2, 0.25) is 0 Å². The van der Waals surface area contributed by atoms with Crippen LogP contribution in [0.15, 0.2) is 24.3 Å². The molecule has 0 aromatic heterocycles. The molecule has 3 heteroatoms. The van der Waals surface area contributed by atoms with E-state index >= 15 is 0 Å². The molecule has 1 amide bonds. The summed E-state index contributed by atoms with van der Waals surface area (Å²) in [7, 11) is 0. The Morgan fingerprint density at radius 3 is 2.28 bits per heavy atom. The second kappa shape index (κ2) is 6.43. The van der Waals surface area contributed by atoms with Crippen molar-refractivity contribution in [2.75, 3.05) is 0 Å². The predicted molar refractivity (Wildman–Crippen MR) is 74.0 cm³/mol. The van der Waals surface area contributed by atoms with Crippen LogP contribution in [-0.4, -0.2) is 18.1 Å². The Labute approximate surface area is 110 Å². The number of ether oxygens (including phenoxy) is 1. The minimum absolute atomic E-state index is 0.0569. The van der Waals surface area contributed by atoms with Crippen LogP contribution in [-0.2, 0) is 0 Å². The third-order valence-corrected chi connectivity index (χ3v) is 2.85. The highest BCUT2D eigenvalue weighted by atomic mass is 16.5. The summed E-state index contributed by atoms with van der Waals surface area (Å²) in [6.45, 7) is 10.1. The Morgan fingerprint density at radius 2 is 1.72 bits per heavy atom. The molecule has 1 atom stereocenters. The molecule has 18 heavy (non-hydrogen) atoms. The van der Waals surface area contributed by atoms with Gasteiger partial charge in [-0.1, -0.05) is 26.0 Å². The molecule has 1 aromatic rings. The summed E-state index contributed by atoms with van der Waals surface area (Å²) in [5.41, 5.74) is 0.596. The van der Waals surface area contributed by atoms with Crippen molar-refractivity contribution in [1.29, 1.82) is 0 Å². The van der Waals surface area contributed by atoms with Gasteiger partial charge in [-0.3, -0.25) is 4.79 Å². The van der Waals surface area contributed by atoms with Gasteiger partial charge in [-0.15, -0.1) is 0 Å². The van der Waals surface area contributed by atoms with Gasteiger partial charge in [-0.2, -0.15) is 0 Å². The molecule has 0 aliphatic heterocycles. The SMILES string of the molecule is CC(C)Oc1ccccc1C(=O)N[C@H](C)C(C)C. The molecule has 0 aliphatic carbocycles. The molecule has 0 spiro atoms. The van der Waals surface area contributed by atoms with E-state index in [1.54, 1.807) is 6.07 Å². The zero-order chi connectivity index (χ0) is 13.7. The molecule has 0 unspecified atom stereocenters. The van der Waals surface area contributed by atoms with E-state index in [4.69, 9.17) is 4.74 Å². The van der Waals surface area contributed by atoms with E-state index in [0.717, 1.165) is 0 Å². The molecule has 0 radical (unpaired) electrons. The molecule has 1 N–H and O–H groups in total. The lowest BCUT2D eigenvalue weighted by atomic mass is 10.1. The van der Waals surface area contributed by atoms with E-state index < -0.39 is 0 Å². The Hall–Kier alpha value is -1.51. The Kier molecular flexibility index (Phi) is 5.20. The summed E-state index contributed by atoms with van der Waals surface area (Å²) in [6, 6.07) is 7.49. The fourth-order valence-electron chi connectivity index (χ4n) is 1.46. The van der Waals surface area contributed by atoms with Gasteiger partial charge in [0.25, 0.3) is 5.91 Å². The van der Waals surface area contributed by atoms with Crippen molar-refractivity contribution in [3.8, 4) is 5.75 Å². The summed E-state index contributed by atoms with van der Waals surface area (Å²) < 4.78 is 5.65. The van der Waals surface area contributed by atoms with Gasteiger partial charge in [-0.05, 0) is 38.8 Å². The van der Waals surface area contributed by atoms with Crippen LogP contribution in [0.25, 0.3) is 0 Å². The minimum atomic E-state index is -0.0764. The highest BCUT2D eigenvalue weighted by Crippen LogP contribution is 2.19. The molecule has 3 nitrogen and oxygen atoms in total. The number of hydrogen-bond donors (Lipinski definition) is 1. The van der Waals surface area contributed by atoms with E-state index in [1.807, 2.05) is 39.0 Å². The van der Waals surface area contributed by atoms with Crippen molar-refractivity contribution in [3.05, 3.63) is 29.8 Å². The first-order chi connectivity index (χ1) is 8.41. The minimum Gasteiger partial charge on any atom is -0.490 e. The molecule has 0 heterocycles. The van der Waals surface area contributed by atoms with Crippen molar-refractivity contribution in [1.82, 2.24) is 5.32 Å². The van der Waals surface area contributed by atoms with Gasteiger partial charge >= 0.3 is 0 Å². The molecular weight excluding hydrogens is 226 g/mol. The summed E-state index contributed by atoms with van der Waals surface area (Å²) in [4.78, 5) is 12.2. The highest BCUT2D eigenvalue weighted by Gasteiger charge is 2.16. The van der Waals surface area contributed by atoms with Crippen molar-refractivity contribution in [2.24, 2.45) is 5.92 Å². The number of para-hydroxylation sites is 1. The number of carbonyl (C=O) groups excluding carboxylic acids is 1.